The molecule has 0 spiro atoms. The average molecular weight is 261 g/mol. The molecule has 1 aliphatic heterocycles. The Morgan fingerprint density at radius 1 is 1.32 bits per heavy atom. The Labute approximate surface area is 117 Å². The van der Waals surface area contributed by atoms with Gasteiger partial charge in [-0.2, -0.15) is 0 Å². The minimum atomic E-state index is 0.0342. The van der Waals surface area contributed by atoms with Gasteiger partial charge in [0.1, 0.15) is 0 Å². The maximum absolute atomic E-state index is 5.84. The van der Waals surface area contributed by atoms with E-state index in [1.54, 1.807) is 0 Å². The maximum Gasteiger partial charge on any atom is 0.0629 e. The van der Waals surface area contributed by atoms with Gasteiger partial charge in [-0.05, 0) is 63.5 Å². The fraction of sp³-hybridized carbons (Fsp3) is 0.647. The third-order valence-electron chi connectivity index (χ3n) is 4.28. The highest BCUT2D eigenvalue weighted by Gasteiger charge is 2.33. The van der Waals surface area contributed by atoms with Crippen molar-refractivity contribution in [2.24, 2.45) is 17.6 Å². The van der Waals surface area contributed by atoms with Gasteiger partial charge in [-0.15, -0.1) is 0 Å². The van der Waals surface area contributed by atoms with Gasteiger partial charge in [-0.25, -0.2) is 0 Å². The average Bonchev–Trinajstić information content (AvgIpc) is 2.38. The van der Waals surface area contributed by atoms with Crippen molar-refractivity contribution < 1.29 is 4.74 Å². The van der Waals surface area contributed by atoms with Gasteiger partial charge < -0.3 is 10.5 Å². The molecule has 1 aliphatic rings. The molecule has 0 aromatic heterocycles. The third-order valence-corrected chi connectivity index (χ3v) is 4.28. The van der Waals surface area contributed by atoms with E-state index in [2.05, 4.69) is 44.2 Å². The van der Waals surface area contributed by atoms with E-state index >= 15 is 0 Å². The van der Waals surface area contributed by atoms with Crippen LogP contribution in [0.25, 0.3) is 0 Å². The molecule has 0 aliphatic carbocycles. The molecule has 19 heavy (non-hydrogen) atoms. The highest BCUT2D eigenvalue weighted by molar-refractivity contribution is 5.15. The van der Waals surface area contributed by atoms with Crippen LogP contribution < -0.4 is 5.73 Å². The van der Waals surface area contributed by atoms with E-state index in [9.17, 15) is 0 Å². The van der Waals surface area contributed by atoms with Crippen LogP contribution in [0, 0.1) is 11.8 Å². The van der Waals surface area contributed by atoms with Crippen LogP contribution in [-0.2, 0) is 11.2 Å². The molecule has 1 aromatic carbocycles. The van der Waals surface area contributed by atoms with Gasteiger partial charge in [0.15, 0.2) is 0 Å². The SMILES string of the molecule is CC1(C)CC(C(CCN)Cc2ccccc2)CCO1. The van der Waals surface area contributed by atoms with E-state index in [1.807, 2.05) is 0 Å². The fourth-order valence-corrected chi connectivity index (χ4v) is 3.32. The lowest BCUT2D eigenvalue weighted by Gasteiger charge is -2.39. The highest BCUT2D eigenvalue weighted by Crippen LogP contribution is 2.36. The molecule has 2 rings (SSSR count). The van der Waals surface area contributed by atoms with Crippen molar-refractivity contribution in [3.8, 4) is 0 Å². The Balaban J connectivity index is 2.03. The zero-order valence-electron chi connectivity index (χ0n) is 12.3. The van der Waals surface area contributed by atoms with Crippen molar-refractivity contribution in [3.05, 3.63) is 35.9 Å². The predicted molar refractivity (Wildman–Crippen MR) is 80.1 cm³/mol. The first-order chi connectivity index (χ1) is 9.11. The molecule has 2 unspecified atom stereocenters. The lowest BCUT2D eigenvalue weighted by atomic mass is 9.76. The van der Waals surface area contributed by atoms with E-state index < -0.39 is 0 Å². The van der Waals surface area contributed by atoms with E-state index in [4.69, 9.17) is 10.5 Å². The van der Waals surface area contributed by atoms with Crippen LogP contribution in [0.2, 0.25) is 0 Å². The van der Waals surface area contributed by atoms with Crippen LogP contribution in [0.15, 0.2) is 30.3 Å². The molecule has 1 aromatic rings. The second-order valence-electron chi connectivity index (χ2n) is 6.39. The van der Waals surface area contributed by atoms with Gasteiger partial charge >= 0.3 is 0 Å². The number of hydrogen-bond donors (Lipinski definition) is 1. The smallest absolute Gasteiger partial charge is 0.0629 e. The number of rotatable bonds is 5. The fourth-order valence-electron chi connectivity index (χ4n) is 3.32. The van der Waals surface area contributed by atoms with Crippen molar-refractivity contribution in [3.63, 3.8) is 0 Å². The zero-order chi connectivity index (χ0) is 13.7. The highest BCUT2D eigenvalue weighted by atomic mass is 16.5. The Kier molecular flexibility index (Phi) is 5.00. The summed E-state index contributed by atoms with van der Waals surface area (Å²) in [6.45, 7) is 6.10. The van der Waals surface area contributed by atoms with Crippen LogP contribution in [0.1, 0.15) is 38.7 Å². The third kappa shape index (κ3) is 4.32. The summed E-state index contributed by atoms with van der Waals surface area (Å²) in [4.78, 5) is 0. The first-order valence-electron chi connectivity index (χ1n) is 7.49. The summed E-state index contributed by atoms with van der Waals surface area (Å²) in [7, 11) is 0. The van der Waals surface area contributed by atoms with Crippen LogP contribution >= 0.6 is 0 Å². The van der Waals surface area contributed by atoms with Crippen molar-refractivity contribution >= 4 is 0 Å². The lowest BCUT2D eigenvalue weighted by molar-refractivity contribution is -0.0829. The summed E-state index contributed by atoms with van der Waals surface area (Å²) >= 11 is 0. The number of ether oxygens (including phenoxy) is 1. The second-order valence-corrected chi connectivity index (χ2v) is 6.39. The predicted octanol–water partition coefficient (Wildman–Crippen LogP) is 3.40. The Morgan fingerprint density at radius 2 is 2.05 bits per heavy atom. The molecule has 0 radical (unpaired) electrons. The Morgan fingerprint density at radius 3 is 2.68 bits per heavy atom. The van der Waals surface area contributed by atoms with Gasteiger partial charge in [0, 0.05) is 6.61 Å². The molecular weight excluding hydrogens is 234 g/mol. The van der Waals surface area contributed by atoms with Crippen molar-refractivity contribution in [2.45, 2.75) is 45.1 Å². The first kappa shape index (κ1) is 14.5. The van der Waals surface area contributed by atoms with Gasteiger partial charge in [-0.1, -0.05) is 30.3 Å². The van der Waals surface area contributed by atoms with Crippen LogP contribution in [0.4, 0.5) is 0 Å². The van der Waals surface area contributed by atoms with E-state index in [1.165, 1.54) is 12.0 Å². The summed E-state index contributed by atoms with van der Waals surface area (Å²) in [5, 5.41) is 0. The Hall–Kier alpha value is -0.860. The molecule has 0 saturated carbocycles. The molecule has 1 fully saturated rings. The molecular formula is C17H27NO. The molecule has 2 atom stereocenters. The molecule has 106 valence electrons. The van der Waals surface area contributed by atoms with Gasteiger partial charge in [-0.3, -0.25) is 0 Å². The van der Waals surface area contributed by atoms with Crippen LogP contribution in [-0.4, -0.2) is 18.8 Å². The summed E-state index contributed by atoms with van der Waals surface area (Å²) in [5.74, 6) is 1.43. The summed E-state index contributed by atoms with van der Waals surface area (Å²) < 4.78 is 5.84. The van der Waals surface area contributed by atoms with Gasteiger partial charge in [0.05, 0.1) is 5.60 Å². The standard InChI is InChI=1S/C17H27NO/c1-17(2)13-16(9-11-19-17)15(8-10-18)12-14-6-4-3-5-7-14/h3-7,15-16H,8-13,18H2,1-2H3. The monoisotopic (exact) mass is 261 g/mol. The summed E-state index contributed by atoms with van der Waals surface area (Å²) in [5.41, 5.74) is 7.30. The largest absolute Gasteiger partial charge is 0.376 e. The molecule has 2 nitrogen and oxygen atoms in total. The molecule has 0 bridgehead atoms. The quantitative estimate of drug-likeness (QED) is 0.881. The first-order valence-corrected chi connectivity index (χ1v) is 7.49. The van der Waals surface area contributed by atoms with Gasteiger partial charge in [0.25, 0.3) is 0 Å². The molecule has 1 heterocycles. The van der Waals surface area contributed by atoms with E-state index in [0.29, 0.717) is 5.92 Å². The lowest BCUT2D eigenvalue weighted by Crippen LogP contribution is -2.37. The topological polar surface area (TPSA) is 35.2 Å². The van der Waals surface area contributed by atoms with Crippen LogP contribution in [0.5, 0.6) is 0 Å². The normalized spacial score (nSPS) is 24.1. The molecule has 2 heteroatoms. The maximum atomic E-state index is 5.84. The van der Waals surface area contributed by atoms with Crippen molar-refractivity contribution in [1.29, 1.82) is 0 Å². The summed E-state index contributed by atoms with van der Waals surface area (Å²) in [6, 6.07) is 10.8. The summed E-state index contributed by atoms with van der Waals surface area (Å²) in [6.07, 6.45) is 4.61. The Bertz CT molecular complexity index is 374. The number of hydrogen-bond acceptors (Lipinski definition) is 2. The minimum Gasteiger partial charge on any atom is -0.376 e. The number of benzene rings is 1. The molecule has 1 saturated heterocycles. The molecule has 2 N–H and O–H groups in total. The van der Waals surface area contributed by atoms with Gasteiger partial charge in [0.2, 0.25) is 0 Å². The van der Waals surface area contributed by atoms with Crippen molar-refractivity contribution in [1.82, 2.24) is 0 Å². The van der Waals surface area contributed by atoms with E-state index in [-0.39, 0.29) is 5.60 Å². The van der Waals surface area contributed by atoms with Crippen molar-refractivity contribution in [2.75, 3.05) is 13.2 Å². The zero-order valence-corrected chi connectivity index (χ0v) is 12.3. The molecule has 0 amide bonds. The van der Waals surface area contributed by atoms with Crippen LogP contribution in [0.3, 0.4) is 0 Å². The minimum absolute atomic E-state index is 0.0342. The number of nitrogens with two attached hydrogens (primary N) is 1. The van der Waals surface area contributed by atoms with E-state index in [0.717, 1.165) is 38.3 Å². The second kappa shape index (κ2) is 6.53.